The van der Waals surface area contributed by atoms with Crippen LogP contribution >= 0.6 is 15.9 Å². The van der Waals surface area contributed by atoms with E-state index in [4.69, 9.17) is 14.2 Å². The first-order chi connectivity index (χ1) is 15.0. The highest BCUT2D eigenvalue weighted by Gasteiger charge is 2.24. The molecule has 1 aliphatic heterocycles. The largest absolute Gasteiger partial charge is 0.493 e. The number of carbonyl (C=O) groups excluding carboxylic acids is 1. The van der Waals surface area contributed by atoms with Gasteiger partial charge < -0.3 is 19.4 Å². The van der Waals surface area contributed by atoms with Crippen LogP contribution in [0.1, 0.15) is 22.5 Å². The van der Waals surface area contributed by atoms with E-state index in [9.17, 15) is 10.0 Å². The number of aliphatic imine (C=N–C) groups is 1. The van der Waals surface area contributed by atoms with Gasteiger partial charge in [-0.15, -0.1) is 0 Å². The zero-order valence-electron chi connectivity index (χ0n) is 16.5. The van der Waals surface area contributed by atoms with Crippen LogP contribution in [0.2, 0.25) is 0 Å². The molecule has 1 aromatic heterocycles. The van der Waals surface area contributed by atoms with Gasteiger partial charge in [0.25, 0.3) is 0 Å². The van der Waals surface area contributed by atoms with Crippen molar-refractivity contribution in [1.82, 2.24) is 5.16 Å². The third-order valence-electron chi connectivity index (χ3n) is 4.44. The summed E-state index contributed by atoms with van der Waals surface area (Å²) in [7, 11) is 1.49. The van der Waals surface area contributed by atoms with Gasteiger partial charge in [-0.05, 0) is 56.7 Å². The Hall–Kier alpha value is -3.66. The second kappa shape index (κ2) is 8.60. The SMILES string of the molecule is COc1cc(C=C2N=C(c3ccccc3)OC2=O)cc(Br)c1OCc1c(C)no[n+]1[O-]. The second-order valence-electron chi connectivity index (χ2n) is 6.49. The van der Waals surface area contributed by atoms with Crippen LogP contribution in [-0.2, 0) is 16.1 Å². The van der Waals surface area contributed by atoms with Gasteiger partial charge in [0.15, 0.2) is 23.8 Å². The van der Waals surface area contributed by atoms with E-state index < -0.39 is 5.97 Å². The molecule has 0 aliphatic carbocycles. The lowest BCUT2D eigenvalue weighted by Gasteiger charge is -2.12. The van der Waals surface area contributed by atoms with Crippen molar-refractivity contribution < 1.29 is 28.5 Å². The minimum absolute atomic E-state index is 0.0642. The third kappa shape index (κ3) is 4.29. The number of ether oxygens (including phenoxy) is 3. The van der Waals surface area contributed by atoms with E-state index in [1.165, 1.54) is 7.11 Å². The van der Waals surface area contributed by atoms with Gasteiger partial charge in [-0.25, -0.2) is 9.79 Å². The molecule has 3 aromatic rings. The van der Waals surface area contributed by atoms with Crippen LogP contribution in [0.4, 0.5) is 0 Å². The van der Waals surface area contributed by atoms with Crippen LogP contribution in [0, 0.1) is 12.1 Å². The first-order valence-electron chi connectivity index (χ1n) is 9.09. The zero-order valence-corrected chi connectivity index (χ0v) is 18.1. The van der Waals surface area contributed by atoms with Gasteiger partial charge in [0.2, 0.25) is 17.3 Å². The number of methoxy groups -OCH3 is 1. The molecule has 2 heterocycles. The summed E-state index contributed by atoms with van der Waals surface area (Å²) in [5.41, 5.74) is 2.19. The highest BCUT2D eigenvalue weighted by Crippen LogP contribution is 2.38. The van der Waals surface area contributed by atoms with E-state index >= 15 is 0 Å². The molecule has 0 atom stereocenters. The Balaban J connectivity index is 1.61. The van der Waals surface area contributed by atoms with Gasteiger partial charge in [0.05, 0.1) is 11.6 Å². The third-order valence-corrected chi connectivity index (χ3v) is 5.03. The zero-order chi connectivity index (χ0) is 22.0. The molecule has 0 spiro atoms. The van der Waals surface area contributed by atoms with Gasteiger partial charge in [0.1, 0.15) is 0 Å². The number of halogens is 1. The lowest BCUT2D eigenvalue weighted by molar-refractivity contribution is -0.808. The van der Waals surface area contributed by atoms with Crippen LogP contribution in [0.15, 0.2) is 62.3 Å². The number of nitrogens with zero attached hydrogens (tertiary/aromatic N) is 3. The molecule has 0 fully saturated rings. The monoisotopic (exact) mass is 485 g/mol. The Labute approximate surface area is 185 Å². The molecule has 0 amide bonds. The molecule has 0 saturated carbocycles. The number of carbonyl (C=O) groups is 1. The summed E-state index contributed by atoms with van der Waals surface area (Å²) in [6.45, 7) is 1.58. The van der Waals surface area contributed by atoms with Crippen molar-refractivity contribution in [3.8, 4) is 11.5 Å². The Bertz CT molecular complexity index is 1180. The summed E-state index contributed by atoms with van der Waals surface area (Å²) < 4.78 is 21.5. The van der Waals surface area contributed by atoms with Crippen LogP contribution in [-0.4, -0.2) is 24.1 Å². The normalized spacial score (nSPS) is 14.5. The molecule has 1 aliphatic rings. The highest BCUT2D eigenvalue weighted by atomic mass is 79.9. The van der Waals surface area contributed by atoms with Crippen molar-refractivity contribution in [3.63, 3.8) is 0 Å². The number of hydrogen-bond donors (Lipinski definition) is 0. The smallest absolute Gasteiger partial charge is 0.363 e. The van der Waals surface area contributed by atoms with E-state index in [1.54, 1.807) is 25.1 Å². The maximum absolute atomic E-state index is 12.2. The standard InChI is InChI=1S/C21H16BrN3O6/c1-12-17(25(27)31-24-12)11-29-19-15(22)8-13(10-18(19)28-2)9-16-21(26)30-20(23-16)14-6-4-3-5-7-14/h3-10H,11H2,1-2H3. The summed E-state index contributed by atoms with van der Waals surface area (Å²) in [6.07, 6.45) is 1.59. The summed E-state index contributed by atoms with van der Waals surface area (Å²) in [6, 6.07) is 12.6. The Morgan fingerprint density at radius 1 is 1.26 bits per heavy atom. The van der Waals surface area contributed by atoms with Gasteiger partial charge in [-0.2, -0.15) is 0 Å². The summed E-state index contributed by atoms with van der Waals surface area (Å²) in [4.78, 5) is 16.8. The maximum atomic E-state index is 12.2. The summed E-state index contributed by atoms with van der Waals surface area (Å²) in [5.74, 6) is 0.481. The molecule has 158 valence electrons. The predicted molar refractivity (Wildman–Crippen MR) is 112 cm³/mol. The molecule has 0 N–H and O–H groups in total. The van der Waals surface area contributed by atoms with Crippen LogP contribution < -0.4 is 14.4 Å². The molecule has 0 bridgehead atoms. The van der Waals surface area contributed by atoms with Crippen molar-refractivity contribution in [2.45, 2.75) is 13.5 Å². The van der Waals surface area contributed by atoms with E-state index in [-0.39, 0.29) is 23.9 Å². The fourth-order valence-corrected chi connectivity index (χ4v) is 3.44. The molecule has 0 unspecified atom stereocenters. The van der Waals surface area contributed by atoms with E-state index in [0.717, 1.165) is 0 Å². The van der Waals surface area contributed by atoms with Crippen LogP contribution in [0.25, 0.3) is 6.08 Å². The molecule has 2 aromatic carbocycles. The Morgan fingerprint density at radius 2 is 2.03 bits per heavy atom. The van der Waals surface area contributed by atoms with Gasteiger partial charge in [0, 0.05) is 17.6 Å². The summed E-state index contributed by atoms with van der Waals surface area (Å²) in [5, 5.41) is 15.2. The topological polar surface area (TPSA) is 110 Å². The lowest BCUT2D eigenvalue weighted by Crippen LogP contribution is -2.29. The molecule has 0 radical (unpaired) electrons. The average Bonchev–Trinajstić information content (AvgIpc) is 3.29. The van der Waals surface area contributed by atoms with Crippen molar-refractivity contribution in [3.05, 3.63) is 80.4 Å². The molecule has 0 saturated heterocycles. The number of aromatic nitrogens is 2. The minimum atomic E-state index is -0.544. The molecular formula is C21H16BrN3O6. The number of esters is 1. The van der Waals surface area contributed by atoms with Crippen LogP contribution in [0.5, 0.6) is 11.5 Å². The van der Waals surface area contributed by atoms with Crippen molar-refractivity contribution in [1.29, 1.82) is 0 Å². The number of aryl methyl sites for hydroxylation is 1. The quantitative estimate of drug-likeness (QED) is 0.299. The van der Waals surface area contributed by atoms with E-state index in [0.29, 0.717) is 37.7 Å². The Morgan fingerprint density at radius 3 is 2.71 bits per heavy atom. The predicted octanol–water partition coefficient (Wildman–Crippen LogP) is 3.31. The molecule has 10 heteroatoms. The fourth-order valence-electron chi connectivity index (χ4n) is 2.86. The van der Waals surface area contributed by atoms with Gasteiger partial charge in [-0.3, -0.25) is 4.63 Å². The molecule has 4 rings (SSSR count). The lowest BCUT2D eigenvalue weighted by atomic mass is 10.1. The van der Waals surface area contributed by atoms with Crippen molar-refractivity contribution >= 4 is 33.9 Å². The Kier molecular flexibility index (Phi) is 5.72. The molecular weight excluding hydrogens is 470 g/mol. The molecule has 31 heavy (non-hydrogen) atoms. The van der Waals surface area contributed by atoms with Crippen molar-refractivity contribution in [2.75, 3.05) is 7.11 Å². The fraction of sp³-hybridized carbons (Fsp3) is 0.143. The maximum Gasteiger partial charge on any atom is 0.363 e. The average molecular weight is 486 g/mol. The number of hydrogen-bond acceptors (Lipinski definition) is 8. The minimum Gasteiger partial charge on any atom is -0.493 e. The summed E-state index contributed by atoms with van der Waals surface area (Å²) >= 11 is 3.44. The highest BCUT2D eigenvalue weighted by molar-refractivity contribution is 9.10. The van der Waals surface area contributed by atoms with Gasteiger partial charge >= 0.3 is 5.97 Å². The van der Waals surface area contributed by atoms with Gasteiger partial charge in [-0.1, -0.05) is 18.2 Å². The van der Waals surface area contributed by atoms with Crippen molar-refractivity contribution in [2.24, 2.45) is 4.99 Å². The first-order valence-corrected chi connectivity index (χ1v) is 9.89. The van der Waals surface area contributed by atoms with Crippen LogP contribution in [0.3, 0.4) is 0 Å². The first kappa shape index (κ1) is 20.6. The van der Waals surface area contributed by atoms with E-state index in [1.807, 2.05) is 30.3 Å². The molecule has 9 nitrogen and oxygen atoms in total. The number of rotatable bonds is 6. The van der Waals surface area contributed by atoms with E-state index in [2.05, 4.69) is 30.7 Å². The number of cyclic esters (lactones) is 1. The second-order valence-corrected chi connectivity index (χ2v) is 7.34. The number of benzene rings is 2.